The van der Waals surface area contributed by atoms with Crippen molar-refractivity contribution in [1.29, 1.82) is 0 Å². The smallest absolute Gasteiger partial charge is 0.234 e. The molecule has 6 nitrogen and oxygen atoms in total. The molecular weight excluding hydrogens is 639 g/mol. The molecule has 0 saturated carbocycles. The average Bonchev–Trinajstić information content (AvgIpc) is 3.20. The van der Waals surface area contributed by atoms with Crippen LogP contribution in [0, 0.1) is 31.3 Å². The minimum absolute atomic E-state index is 0.102. The van der Waals surface area contributed by atoms with Gasteiger partial charge in [0.1, 0.15) is 5.75 Å². The first-order valence-corrected chi connectivity index (χ1v) is 13.7. The summed E-state index contributed by atoms with van der Waals surface area (Å²) in [6.45, 7) is 8.05. The van der Waals surface area contributed by atoms with Crippen molar-refractivity contribution in [2.24, 2.45) is 0 Å². The lowest BCUT2D eigenvalue weighted by molar-refractivity contribution is -0.113. The SMILES string of the molecule is Cc1ccc(-n2c(SCC(=O)Nc3c(C)cc(I)cc3C)nnc2-c2cc(Br)ccc2O)c(C)c1. The first-order chi connectivity index (χ1) is 16.6. The highest BCUT2D eigenvalue weighted by molar-refractivity contribution is 14.1. The van der Waals surface area contributed by atoms with Crippen molar-refractivity contribution in [1.82, 2.24) is 14.8 Å². The van der Waals surface area contributed by atoms with E-state index in [4.69, 9.17) is 0 Å². The average molecular weight is 663 g/mol. The van der Waals surface area contributed by atoms with E-state index in [-0.39, 0.29) is 17.4 Å². The summed E-state index contributed by atoms with van der Waals surface area (Å²) < 4.78 is 3.85. The molecule has 1 heterocycles. The van der Waals surface area contributed by atoms with Crippen LogP contribution in [0.25, 0.3) is 17.1 Å². The van der Waals surface area contributed by atoms with Gasteiger partial charge in [0, 0.05) is 13.7 Å². The molecule has 9 heteroatoms. The number of rotatable bonds is 6. The Labute approximate surface area is 230 Å². The number of halogens is 2. The van der Waals surface area contributed by atoms with Crippen molar-refractivity contribution in [2.45, 2.75) is 32.9 Å². The van der Waals surface area contributed by atoms with Gasteiger partial charge in [-0.3, -0.25) is 9.36 Å². The number of thioether (sulfide) groups is 1. The van der Waals surface area contributed by atoms with Gasteiger partial charge >= 0.3 is 0 Å². The van der Waals surface area contributed by atoms with Crippen LogP contribution in [0.1, 0.15) is 22.3 Å². The van der Waals surface area contributed by atoms with Gasteiger partial charge in [-0.15, -0.1) is 10.2 Å². The molecule has 0 aliphatic carbocycles. The number of carbonyl (C=O) groups excluding carboxylic acids is 1. The van der Waals surface area contributed by atoms with E-state index in [1.165, 1.54) is 11.8 Å². The predicted octanol–water partition coefficient (Wildman–Crippen LogP) is 6.97. The maximum atomic E-state index is 12.9. The lowest BCUT2D eigenvalue weighted by atomic mass is 10.1. The predicted molar refractivity (Wildman–Crippen MR) is 154 cm³/mol. The van der Waals surface area contributed by atoms with Gasteiger partial charge in [-0.1, -0.05) is 45.4 Å². The molecule has 3 aromatic carbocycles. The first kappa shape index (κ1) is 25.7. The maximum Gasteiger partial charge on any atom is 0.234 e. The van der Waals surface area contributed by atoms with Crippen LogP contribution in [0.2, 0.25) is 0 Å². The van der Waals surface area contributed by atoms with E-state index >= 15 is 0 Å². The topological polar surface area (TPSA) is 80.0 Å². The maximum absolute atomic E-state index is 12.9. The highest BCUT2D eigenvalue weighted by atomic mass is 127. The Morgan fingerprint density at radius 2 is 1.74 bits per heavy atom. The first-order valence-electron chi connectivity index (χ1n) is 10.9. The third-order valence-electron chi connectivity index (χ3n) is 5.52. The number of amides is 1. The molecule has 0 aliphatic heterocycles. The Balaban J connectivity index is 1.68. The van der Waals surface area contributed by atoms with Gasteiger partial charge in [-0.25, -0.2) is 0 Å². The lowest BCUT2D eigenvalue weighted by Gasteiger charge is -2.15. The van der Waals surface area contributed by atoms with Crippen molar-refractivity contribution in [3.63, 3.8) is 0 Å². The van der Waals surface area contributed by atoms with E-state index in [9.17, 15) is 9.90 Å². The molecule has 4 rings (SSSR count). The molecule has 4 aromatic rings. The summed E-state index contributed by atoms with van der Waals surface area (Å²) in [7, 11) is 0. The van der Waals surface area contributed by atoms with Crippen molar-refractivity contribution >= 4 is 61.9 Å². The minimum Gasteiger partial charge on any atom is -0.507 e. The number of aryl methyl sites for hydroxylation is 4. The molecule has 0 aliphatic rings. The summed E-state index contributed by atoms with van der Waals surface area (Å²) in [5.74, 6) is 0.649. The molecule has 35 heavy (non-hydrogen) atoms. The Morgan fingerprint density at radius 1 is 1.03 bits per heavy atom. The second kappa shape index (κ2) is 10.7. The van der Waals surface area contributed by atoms with Crippen LogP contribution in [0.15, 0.2) is 58.2 Å². The standard InChI is InChI=1S/C26H24BrIN4O2S/c1-14-5-7-21(15(2)9-14)32-25(20-12-18(27)6-8-22(20)33)30-31-26(32)35-13-23(34)29-24-16(3)10-19(28)11-17(24)4/h5-12,33H,13H2,1-4H3,(H,29,34). The van der Waals surface area contributed by atoms with Crippen LogP contribution in [-0.2, 0) is 4.79 Å². The number of hydrogen-bond donors (Lipinski definition) is 2. The molecule has 0 unspecified atom stereocenters. The third kappa shape index (κ3) is 5.73. The van der Waals surface area contributed by atoms with Crippen molar-refractivity contribution in [2.75, 3.05) is 11.1 Å². The number of nitrogens with one attached hydrogen (secondary N) is 1. The summed E-state index contributed by atoms with van der Waals surface area (Å²) >= 11 is 7.06. The molecule has 0 spiro atoms. The van der Waals surface area contributed by atoms with E-state index in [0.29, 0.717) is 16.5 Å². The Kier molecular flexibility index (Phi) is 7.87. The lowest BCUT2D eigenvalue weighted by Crippen LogP contribution is -2.16. The van der Waals surface area contributed by atoms with Crippen LogP contribution in [0.5, 0.6) is 5.75 Å². The van der Waals surface area contributed by atoms with Gasteiger partial charge in [-0.05, 0) is 103 Å². The van der Waals surface area contributed by atoms with Gasteiger partial charge in [0.25, 0.3) is 0 Å². The monoisotopic (exact) mass is 662 g/mol. The number of hydrogen-bond acceptors (Lipinski definition) is 5. The summed E-state index contributed by atoms with van der Waals surface area (Å²) in [6.07, 6.45) is 0. The largest absolute Gasteiger partial charge is 0.507 e. The number of phenolic OH excluding ortho intramolecular Hbond substituents is 1. The van der Waals surface area contributed by atoms with Crippen molar-refractivity contribution in [3.05, 3.63) is 78.8 Å². The fraction of sp³-hybridized carbons (Fsp3) is 0.192. The van der Waals surface area contributed by atoms with Crippen molar-refractivity contribution in [3.8, 4) is 22.8 Å². The second-order valence-electron chi connectivity index (χ2n) is 8.34. The molecule has 0 radical (unpaired) electrons. The molecule has 1 aromatic heterocycles. The number of aromatic nitrogens is 3. The van der Waals surface area contributed by atoms with Crippen molar-refractivity contribution < 1.29 is 9.90 Å². The molecular formula is C26H24BrIN4O2S. The van der Waals surface area contributed by atoms with Gasteiger partial charge in [-0.2, -0.15) is 0 Å². The zero-order valence-electron chi connectivity index (χ0n) is 19.7. The van der Waals surface area contributed by atoms with Gasteiger partial charge in [0.05, 0.1) is 17.0 Å². The van der Waals surface area contributed by atoms with Crippen LogP contribution in [0.4, 0.5) is 5.69 Å². The molecule has 2 N–H and O–H groups in total. The zero-order valence-corrected chi connectivity index (χ0v) is 24.2. The molecule has 0 atom stereocenters. The Morgan fingerprint density at radius 3 is 2.43 bits per heavy atom. The number of benzene rings is 3. The van der Waals surface area contributed by atoms with Gasteiger partial charge < -0.3 is 10.4 Å². The molecule has 180 valence electrons. The molecule has 0 saturated heterocycles. The summed E-state index contributed by atoms with van der Waals surface area (Å²) in [4.78, 5) is 12.9. The number of carbonyl (C=O) groups is 1. The van der Waals surface area contributed by atoms with Gasteiger partial charge in [0.15, 0.2) is 11.0 Å². The van der Waals surface area contributed by atoms with Crippen LogP contribution in [-0.4, -0.2) is 31.5 Å². The third-order valence-corrected chi connectivity index (χ3v) is 7.57. The highest BCUT2D eigenvalue weighted by Gasteiger charge is 2.21. The van der Waals surface area contributed by atoms with E-state index in [2.05, 4.69) is 60.1 Å². The zero-order chi connectivity index (χ0) is 25.3. The number of phenols is 1. The number of nitrogens with zero attached hydrogens (tertiary/aromatic N) is 3. The van der Waals surface area contributed by atoms with Crippen LogP contribution < -0.4 is 5.32 Å². The second-order valence-corrected chi connectivity index (χ2v) is 11.4. The highest BCUT2D eigenvalue weighted by Crippen LogP contribution is 2.35. The van der Waals surface area contributed by atoms with E-state index in [0.717, 1.165) is 41.7 Å². The number of anilines is 1. The Hall–Kier alpha value is -2.37. The fourth-order valence-electron chi connectivity index (χ4n) is 3.91. The summed E-state index contributed by atoms with van der Waals surface area (Å²) in [5, 5.41) is 23.0. The van der Waals surface area contributed by atoms with Crippen LogP contribution in [0.3, 0.4) is 0 Å². The van der Waals surface area contributed by atoms with E-state index in [1.54, 1.807) is 12.1 Å². The quantitative estimate of drug-likeness (QED) is 0.172. The van der Waals surface area contributed by atoms with E-state index in [1.807, 2.05) is 62.6 Å². The molecule has 0 fully saturated rings. The summed E-state index contributed by atoms with van der Waals surface area (Å²) in [5.41, 5.74) is 6.51. The summed E-state index contributed by atoms with van der Waals surface area (Å²) in [6, 6.07) is 15.4. The van der Waals surface area contributed by atoms with Crippen LogP contribution >= 0.6 is 50.3 Å². The Bertz CT molecular complexity index is 1410. The minimum atomic E-state index is -0.121. The normalized spacial score (nSPS) is 11.0. The molecule has 1 amide bonds. The fourth-order valence-corrected chi connectivity index (χ4v) is 5.95. The number of aromatic hydroxyl groups is 1. The van der Waals surface area contributed by atoms with Gasteiger partial charge in [0.2, 0.25) is 5.91 Å². The van der Waals surface area contributed by atoms with E-state index < -0.39 is 0 Å². The molecule has 0 bridgehead atoms.